The highest BCUT2D eigenvalue weighted by molar-refractivity contribution is 6.33. The van der Waals surface area contributed by atoms with Gasteiger partial charge >= 0.3 is 0 Å². The average molecular weight is 434 g/mol. The summed E-state index contributed by atoms with van der Waals surface area (Å²) >= 11 is 6.31. The zero-order valence-corrected chi connectivity index (χ0v) is 18.5. The van der Waals surface area contributed by atoms with Gasteiger partial charge in [0.2, 0.25) is 5.91 Å². The van der Waals surface area contributed by atoms with Crippen molar-refractivity contribution in [2.45, 2.75) is 39.3 Å². The van der Waals surface area contributed by atoms with Crippen LogP contribution < -0.4 is 9.80 Å². The predicted molar refractivity (Wildman–Crippen MR) is 124 cm³/mol. The number of carbonyl (C=O) groups is 2. The molecule has 2 heterocycles. The second-order valence-corrected chi connectivity index (χ2v) is 8.21. The van der Waals surface area contributed by atoms with Crippen molar-refractivity contribution in [1.82, 2.24) is 4.98 Å². The summed E-state index contributed by atoms with van der Waals surface area (Å²) in [5, 5.41) is 0.200. The molecule has 5 nitrogen and oxygen atoms in total. The second-order valence-electron chi connectivity index (χ2n) is 7.85. The maximum atomic E-state index is 13.5. The quantitative estimate of drug-likeness (QED) is 0.507. The van der Waals surface area contributed by atoms with Gasteiger partial charge < -0.3 is 9.80 Å². The molecule has 1 aliphatic rings. The highest BCUT2D eigenvalue weighted by Gasteiger charge is 2.38. The molecule has 0 saturated heterocycles. The molecule has 4 rings (SSSR count). The van der Waals surface area contributed by atoms with Crippen molar-refractivity contribution in [3.63, 3.8) is 0 Å². The summed E-state index contributed by atoms with van der Waals surface area (Å²) in [7, 11) is 0. The summed E-state index contributed by atoms with van der Waals surface area (Å²) in [6.45, 7) is 5.42. The van der Waals surface area contributed by atoms with Gasteiger partial charge in [0.25, 0.3) is 5.91 Å². The molecule has 0 fully saturated rings. The maximum absolute atomic E-state index is 13.5. The number of rotatable bonds is 3. The summed E-state index contributed by atoms with van der Waals surface area (Å²) in [5.74, 6) is -0.228. The van der Waals surface area contributed by atoms with E-state index in [1.165, 1.54) is 0 Å². The molecule has 0 N–H and O–H groups in total. The minimum Gasteiger partial charge on any atom is -0.305 e. The zero-order chi connectivity index (χ0) is 22.1. The van der Waals surface area contributed by atoms with Crippen molar-refractivity contribution in [2.24, 2.45) is 0 Å². The second kappa shape index (κ2) is 8.52. The number of halogens is 1. The Balaban J connectivity index is 1.79. The standard InChI is InChI=1S/C25H24ClN3O2/c1-16-13-14-21(24(26)27-16)25(31)28-17(2)15-23(20-11-7-8-12-22(20)28)29(18(3)30)19-9-5-4-6-10-19/h4-14,17,23H,15H2,1-3H3. The molecule has 158 valence electrons. The van der Waals surface area contributed by atoms with E-state index in [-0.39, 0.29) is 29.1 Å². The number of pyridine rings is 1. The maximum Gasteiger partial charge on any atom is 0.261 e. The predicted octanol–water partition coefficient (Wildman–Crippen LogP) is 5.58. The largest absolute Gasteiger partial charge is 0.305 e. The first-order chi connectivity index (χ1) is 14.9. The first kappa shape index (κ1) is 21.1. The number of hydrogen-bond donors (Lipinski definition) is 0. The van der Waals surface area contributed by atoms with Gasteiger partial charge in [0.15, 0.2) is 0 Å². The first-order valence-electron chi connectivity index (χ1n) is 10.3. The number of carbonyl (C=O) groups excluding carboxylic acids is 2. The number of nitrogens with zero attached hydrogens (tertiary/aromatic N) is 3. The van der Waals surface area contributed by atoms with Crippen LogP contribution in [0.25, 0.3) is 0 Å². The minimum absolute atomic E-state index is 0.0382. The lowest BCUT2D eigenvalue weighted by molar-refractivity contribution is -0.117. The molecule has 0 radical (unpaired) electrons. The molecular formula is C25H24ClN3O2. The molecule has 0 bridgehead atoms. The van der Waals surface area contributed by atoms with Gasteiger partial charge in [0.05, 0.1) is 11.6 Å². The molecule has 2 amide bonds. The molecule has 1 aromatic heterocycles. The van der Waals surface area contributed by atoms with Crippen LogP contribution >= 0.6 is 11.6 Å². The molecule has 2 unspecified atom stereocenters. The Labute approximate surface area is 187 Å². The van der Waals surface area contributed by atoms with Crippen molar-refractivity contribution in [2.75, 3.05) is 9.80 Å². The molecule has 0 aliphatic carbocycles. The van der Waals surface area contributed by atoms with E-state index in [0.717, 1.165) is 22.6 Å². The molecule has 3 aromatic rings. The molecule has 31 heavy (non-hydrogen) atoms. The van der Waals surface area contributed by atoms with E-state index in [1.54, 1.807) is 24.0 Å². The van der Waals surface area contributed by atoms with Crippen LogP contribution in [0.2, 0.25) is 5.15 Å². The van der Waals surface area contributed by atoms with Gasteiger partial charge in [-0.1, -0.05) is 48.0 Å². The normalized spacial score (nSPS) is 17.7. The van der Waals surface area contributed by atoms with Crippen molar-refractivity contribution in [1.29, 1.82) is 0 Å². The summed E-state index contributed by atoms with van der Waals surface area (Å²) in [4.78, 5) is 34.0. The van der Waals surface area contributed by atoms with E-state index in [2.05, 4.69) is 4.98 Å². The third-order valence-corrected chi connectivity index (χ3v) is 5.97. The van der Waals surface area contributed by atoms with E-state index in [9.17, 15) is 9.59 Å². The fourth-order valence-corrected chi connectivity index (χ4v) is 4.60. The van der Waals surface area contributed by atoms with Gasteiger partial charge in [0.1, 0.15) is 5.15 Å². The van der Waals surface area contributed by atoms with Crippen molar-refractivity contribution in [3.05, 3.63) is 88.7 Å². The number of hydrogen-bond acceptors (Lipinski definition) is 3. The van der Waals surface area contributed by atoms with Gasteiger partial charge in [-0.25, -0.2) is 4.98 Å². The number of fused-ring (bicyclic) bond motifs is 1. The number of amides is 2. The molecular weight excluding hydrogens is 410 g/mol. The van der Waals surface area contributed by atoms with Crippen molar-refractivity contribution in [3.8, 4) is 0 Å². The number of para-hydroxylation sites is 2. The number of aryl methyl sites for hydroxylation is 1. The molecule has 6 heteroatoms. The van der Waals surface area contributed by atoms with Crippen LogP contribution in [0.15, 0.2) is 66.7 Å². The average Bonchev–Trinajstić information content (AvgIpc) is 2.74. The summed E-state index contributed by atoms with van der Waals surface area (Å²) in [6, 6.07) is 20.6. The van der Waals surface area contributed by atoms with Gasteiger partial charge in [-0.05, 0) is 56.2 Å². The third kappa shape index (κ3) is 3.93. The summed E-state index contributed by atoms with van der Waals surface area (Å²) in [6.07, 6.45) is 0.605. The monoisotopic (exact) mass is 433 g/mol. The Morgan fingerprint density at radius 3 is 2.39 bits per heavy atom. The minimum atomic E-state index is -0.190. The Morgan fingerprint density at radius 2 is 1.71 bits per heavy atom. The van der Waals surface area contributed by atoms with Gasteiger partial charge in [0, 0.05) is 30.0 Å². The van der Waals surface area contributed by atoms with E-state index in [1.807, 2.05) is 73.3 Å². The van der Waals surface area contributed by atoms with E-state index in [0.29, 0.717) is 12.0 Å². The molecule has 0 spiro atoms. The molecule has 2 aromatic carbocycles. The smallest absolute Gasteiger partial charge is 0.261 e. The Hall–Kier alpha value is -3.18. The van der Waals surface area contributed by atoms with Gasteiger partial charge in [-0.3, -0.25) is 9.59 Å². The lowest BCUT2D eigenvalue weighted by Gasteiger charge is -2.43. The summed E-state index contributed by atoms with van der Waals surface area (Å²) < 4.78 is 0. The number of benzene rings is 2. The highest BCUT2D eigenvalue weighted by Crippen LogP contribution is 2.42. The molecule has 0 saturated carbocycles. The fourth-order valence-electron chi connectivity index (χ4n) is 4.32. The fraction of sp³-hybridized carbons (Fsp3) is 0.240. The topological polar surface area (TPSA) is 53.5 Å². The number of aromatic nitrogens is 1. The lowest BCUT2D eigenvalue weighted by Crippen LogP contribution is -2.47. The van der Waals surface area contributed by atoms with Crippen LogP contribution in [0, 0.1) is 6.92 Å². The lowest BCUT2D eigenvalue weighted by atomic mass is 9.89. The first-order valence-corrected chi connectivity index (χ1v) is 10.7. The van der Waals surface area contributed by atoms with Crippen LogP contribution in [0.3, 0.4) is 0 Å². The van der Waals surface area contributed by atoms with Crippen LogP contribution in [0.4, 0.5) is 11.4 Å². The Bertz CT molecular complexity index is 1130. The van der Waals surface area contributed by atoms with Gasteiger partial charge in [-0.2, -0.15) is 0 Å². The van der Waals surface area contributed by atoms with Crippen molar-refractivity contribution >= 4 is 34.8 Å². The molecule has 2 atom stereocenters. The van der Waals surface area contributed by atoms with E-state index in [4.69, 9.17) is 11.6 Å². The molecule has 1 aliphatic heterocycles. The Morgan fingerprint density at radius 1 is 1.03 bits per heavy atom. The van der Waals surface area contributed by atoms with Gasteiger partial charge in [-0.15, -0.1) is 0 Å². The Kier molecular flexibility index (Phi) is 5.79. The van der Waals surface area contributed by atoms with Crippen LogP contribution in [-0.2, 0) is 4.79 Å². The van der Waals surface area contributed by atoms with Crippen LogP contribution in [-0.4, -0.2) is 22.8 Å². The van der Waals surface area contributed by atoms with E-state index < -0.39 is 0 Å². The third-order valence-electron chi connectivity index (χ3n) is 5.68. The SMILES string of the molecule is CC(=O)N(c1ccccc1)C1CC(C)N(C(=O)c2ccc(C)nc2Cl)c2ccccc21. The zero-order valence-electron chi connectivity index (χ0n) is 17.7. The van der Waals surface area contributed by atoms with Crippen LogP contribution in [0.1, 0.15) is 47.9 Å². The summed E-state index contributed by atoms with van der Waals surface area (Å²) in [5.41, 5.74) is 3.69. The van der Waals surface area contributed by atoms with Crippen LogP contribution in [0.5, 0.6) is 0 Å². The van der Waals surface area contributed by atoms with E-state index >= 15 is 0 Å². The highest BCUT2D eigenvalue weighted by atomic mass is 35.5. The number of anilines is 2. The van der Waals surface area contributed by atoms with Crippen molar-refractivity contribution < 1.29 is 9.59 Å².